The first-order valence-electron chi connectivity index (χ1n) is 7.58. The number of rotatable bonds is 8. The predicted molar refractivity (Wildman–Crippen MR) is 96.8 cm³/mol. The van der Waals surface area contributed by atoms with Gasteiger partial charge in [0.1, 0.15) is 0 Å². The molecule has 7 heteroatoms. The van der Waals surface area contributed by atoms with Gasteiger partial charge in [0.15, 0.2) is 0 Å². The van der Waals surface area contributed by atoms with E-state index in [1.165, 1.54) is 12.1 Å². The smallest absolute Gasteiger partial charge is 0.251 e. The van der Waals surface area contributed by atoms with Crippen molar-refractivity contribution in [2.24, 2.45) is 0 Å². The van der Waals surface area contributed by atoms with Gasteiger partial charge < -0.3 is 5.32 Å². The fourth-order valence-corrected chi connectivity index (χ4v) is 3.91. The number of sulfonamides is 1. The summed E-state index contributed by atoms with van der Waals surface area (Å²) in [6.45, 7) is 2.51. The van der Waals surface area contributed by atoms with Crippen molar-refractivity contribution in [2.45, 2.75) is 16.7 Å². The maximum atomic E-state index is 12.2. The Hall–Kier alpha value is -1.83. The summed E-state index contributed by atoms with van der Waals surface area (Å²) >= 11 is 1.65. The van der Waals surface area contributed by atoms with E-state index in [1.54, 1.807) is 30.8 Å². The van der Waals surface area contributed by atoms with Crippen molar-refractivity contribution >= 4 is 27.7 Å². The van der Waals surface area contributed by atoms with Crippen LogP contribution in [-0.2, 0) is 10.0 Å². The highest BCUT2D eigenvalue weighted by Gasteiger charge is 2.14. The Balaban J connectivity index is 1.91. The predicted octanol–water partition coefficient (Wildman–Crippen LogP) is 2.51. The summed E-state index contributed by atoms with van der Waals surface area (Å²) in [6.07, 6.45) is 0. The Bertz CT molecular complexity index is 777. The standard InChI is InChI=1S/C17H20N2O3S2/c1-2-19-24(21,22)16-10-6-7-14(13-16)17(20)18-11-12-23-15-8-4-3-5-9-15/h3-10,13,19H,2,11-12H2,1H3,(H,18,20). The molecular weight excluding hydrogens is 344 g/mol. The first kappa shape index (κ1) is 18.5. The van der Waals surface area contributed by atoms with Crippen LogP contribution in [-0.4, -0.2) is 33.2 Å². The minimum absolute atomic E-state index is 0.0932. The molecule has 0 atom stereocenters. The third-order valence-corrected chi connectivity index (χ3v) is 5.70. The molecule has 0 saturated carbocycles. The number of benzene rings is 2. The first-order valence-corrected chi connectivity index (χ1v) is 10.1. The molecule has 0 aliphatic heterocycles. The monoisotopic (exact) mass is 364 g/mol. The third kappa shape index (κ3) is 5.36. The van der Waals surface area contributed by atoms with Crippen molar-refractivity contribution in [3.8, 4) is 0 Å². The van der Waals surface area contributed by atoms with Gasteiger partial charge in [-0.1, -0.05) is 31.2 Å². The number of amides is 1. The van der Waals surface area contributed by atoms with Gasteiger partial charge in [0.25, 0.3) is 5.91 Å². The van der Waals surface area contributed by atoms with Crippen molar-refractivity contribution in [3.05, 3.63) is 60.2 Å². The van der Waals surface area contributed by atoms with Crippen LogP contribution < -0.4 is 10.0 Å². The van der Waals surface area contributed by atoms with E-state index in [-0.39, 0.29) is 10.8 Å². The fraction of sp³-hybridized carbons (Fsp3) is 0.235. The van der Waals surface area contributed by atoms with Gasteiger partial charge in [-0.05, 0) is 30.3 Å². The highest BCUT2D eigenvalue weighted by Crippen LogP contribution is 2.16. The van der Waals surface area contributed by atoms with E-state index in [2.05, 4.69) is 10.0 Å². The molecule has 0 saturated heterocycles. The van der Waals surface area contributed by atoms with Crippen LogP contribution in [0.5, 0.6) is 0 Å². The van der Waals surface area contributed by atoms with E-state index in [0.717, 1.165) is 10.6 Å². The fourth-order valence-electron chi connectivity index (χ4n) is 2.03. The molecule has 2 rings (SSSR count). The lowest BCUT2D eigenvalue weighted by Crippen LogP contribution is -2.27. The maximum Gasteiger partial charge on any atom is 0.251 e. The third-order valence-electron chi connectivity index (χ3n) is 3.14. The zero-order chi connectivity index (χ0) is 17.4. The molecule has 0 unspecified atom stereocenters. The molecule has 2 N–H and O–H groups in total. The molecule has 5 nitrogen and oxygen atoms in total. The Kier molecular flexibility index (Phi) is 6.84. The van der Waals surface area contributed by atoms with Crippen molar-refractivity contribution in [2.75, 3.05) is 18.8 Å². The molecule has 0 heterocycles. The van der Waals surface area contributed by atoms with E-state index in [0.29, 0.717) is 18.7 Å². The number of hydrogen-bond donors (Lipinski definition) is 2. The second-order valence-corrected chi connectivity index (χ2v) is 7.88. The molecule has 0 radical (unpaired) electrons. The van der Waals surface area contributed by atoms with Gasteiger partial charge in [0.05, 0.1) is 4.90 Å². The maximum absolute atomic E-state index is 12.2. The molecule has 0 aliphatic carbocycles. The SMILES string of the molecule is CCNS(=O)(=O)c1cccc(C(=O)NCCSc2ccccc2)c1. The van der Waals surface area contributed by atoms with Crippen LogP contribution in [0.25, 0.3) is 0 Å². The minimum atomic E-state index is -3.56. The van der Waals surface area contributed by atoms with Crippen molar-refractivity contribution in [1.82, 2.24) is 10.0 Å². The first-order chi connectivity index (χ1) is 11.5. The van der Waals surface area contributed by atoms with E-state index >= 15 is 0 Å². The van der Waals surface area contributed by atoms with Gasteiger partial charge in [-0.2, -0.15) is 0 Å². The number of nitrogens with one attached hydrogen (secondary N) is 2. The lowest BCUT2D eigenvalue weighted by Gasteiger charge is -2.08. The molecule has 0 aliphatic rings. The largest absolute Gasteiger partial charge is 0.351 e. The second-order valence-electron chi connectivity index (χ2n) is 4.95. The molecule has 2 aromatic carbocycles. The van der Waals surface area contributed by atoms with Crippen LogP contribution in [0, 0.1) is 0 Å². The topological polar surface area (TPSA) is 75.3 Å². The summed E-state index contributed by atoms with van der Waals surface area (Å²) in [5.74, 6) is 0.461. The lowest BCUT2D eigenvalue weighted by atomic mass is 10.2. The summed E-state index contributed by atoms with van der Waals surface area (Å²) in [4.78, 5) is 13.4. The summed E-state index contributed by atoms with van der Waals surface area (Å²) in [5.41, 5.74) is 0.332. The number of hydrogen-bond acceptors (Lipinski definition) is 4. The van der Waals surface area contributed by atoms with E-state index in [4.69, 9.17) is 0 Å². The van der Waals surface area contributed by atoms with E-state index in [1.807, 2.05) is 30.3 Å². The minimum Gasteiger partial charge on any atom is -0.351 e. The molecule has 2 aromatic rings. The summed E-state index contributed by atoms with van der Waals surface area (Å²) < 4.78 is 26.4. The summed E-state index contributed by atoms with van der Waals surface area (Å²) in [6, 6.07) is 16.0. The Morgan fingerprint density at radius 2 is 1.83 bits per heavy atom. The van der Waals surface area contributed by atoms with Gasteiger partial charge in [-0.15, -0.1) is 11.8 Å². The van der Waals surface area contributed by atoms with Crippen molar-refractivity contribution < 1.29 is 13.2 Å². The second kappa shape index (κ2) is 8.86. The van der Waals surface area contributed by atoms with Crippen LogP contribution in [0.3, 0.4) is 0 Å². The van der Waals surface area contributed by atoms with Gasteiger partial charge in [0.2, 0.25) is 10.0 Å². The van der Waals surface area contributed by atoms with Crippen LogP contribution in [0.2, 0.25) is 0 Å². The highest BCUT2D eigenvalue weighted by molar-refractivity contribution is 7.99. The average molecular weight is 364 g/mol. The van der Waals surface area contributed by atoms with Crippen LogP contribution >= 0.6 is 11.8 Å². The molecule has 0 spiro atoms. The number of carbonyl (C=O) groups excluding carboxylic acids is 1. The Labute approximate surface area is 146 Å². The van der Waals surface area contributed by atoms with Gasteiger partial charge in [0, 0.05) is 29.3 Å². The molecular formula is C17H20N2O3S2. The zero-order valence-corrected chi connectivity index (χ0v) is 15.0. The Morgan fingerprint density at radius 1 is 1.08 bits per heavy atom. The molecule has 24 heavy (non-hydrogen) atoms. The van der Waals surface area contributed by atoms with E-state index < -0.39 is 10.0 Å². The van der Waals surface area contributed by atoms with Gasteiger partial charge in [-0.25, -0.2) is 13.1 Å². The van der Waals surface area contributed by atoms with Crippen LogP contribution in [0.4, 0.5) is 0 Å². The zero-order valence-electron chi connectivity index (χ0n) is 13.4. The average Bonchev–Trinajstić information content (AvgIpc) is 2.59. The Morgan fingerprint density at radius 3 is 2.54 bits per heavy atom. The van der Waals surface area contributed by atoms with Crippen molar-refractivity contribution in [3.63, 3.8) is 0 Å². The summed E-state index contributed by atoms with van der Waals surface area (Å²) in [7, 11) is -3.56. The lowest BCUT2D eigenvalue weighted by molar-refractivity contribution is 0.0956. The molecule has 1 amide bonds. The highest BCUT2D eigenvalue weighted by atomic mass is 32.2. The quantitative estimate of drug-likeness (QED) is 0.557. The van der Waals surface area contributed by atoms with Crippen molar-refractivity contribution in [1.29, 1.82) is 0 Å². The molecule has 0 bridgehead atoms. The number of thioether (sulfide) groups is 1. The molecule has 128 valence electrons. The number of carbonyl (C=O) groups is 1. The normalized spacial score (nSPS) is 11.2. The molecule has 0 aromatic heterocycles. The van der Waals surface area contributed by atoms with E-state index in [9.17, 15) is 13.2 Å². The van der Waals surface area contributed by atoms with Gasteiger partial charge >= 0.3 is 0 Å². The van der Waals surface area contributed by atoms with Gasteiger partial charge in [-0.3, -0.25) is 4.79 Å². The van der Waals surface area contributed by atoms with Crippen LogP contribution in [0.1, 0.15) is 17.3 Å². The molecule has 0 fully saturated rings. The van der Waals surface area contributed by atoms with Crippen LogP contribution in [0.15, 0.2) is 64.4 Å². The summed E-state index contributed by atoms with van der Waals surface area (Å²) in [5, 5.41) is 2.80.